The number of anilines is 1. The molecule has 0 aliphatic heterocycles. The van der Waals surface area contributed by atoms with Gasteiger partial charge in [-0.15, -0.1) is 0 Å². The molecule has 0 radical (unpaired) electrons. The normalized spacial score (nSPS) is 10.9. The molecule has 0 fully saturated rings. The second-order valence-electron chi connectivity index (χ2n) is 4.48. The average molecular weight is 259 g/mol. The van der Waals surface area contributed by atoms with Crippen LogP contribution in [0.4, 0.5) is 10.1 Å². The van der Waals surface area contributed by atoms with Crippen LogP contribution in [0, 0.1) is 5.82 Å². The first-order chi connectivity index (χ1) is 9.19. The maximum atomic E-state index is 13.8. The lowest BCUT2D eigenvalue weighted by molar-refractivity contribution is 0.264. The van der Waals surface area contributed by atoms with Crippen molar-refractivity contribution < 1.29 is 4.39 Å². The van der Waals surface area contributed by atoms with Crippen LogP contribution in [0.1, 0.15) is 18.2 Å². The summed E-state index contributed by atoms with van der Waals surface area (Å²) in [5, 5.41) is 0. The molecule has 2 aromatic rings. The zero-order valence-corrected chi connectivity index (χ0v) is 11.0. The summed E-state index contributed by atoms with van der Waals surface area (Å²) in [5.41, 5.74) is 7.65. The van der Waals surface area contributed by atoms with Crippen LogP contribution in [0.5, 0.6) is 0 Å². The Kier molecular flexibility index (Phi) is 4.47. The maximum Gasteiger partial charge on any atom is 0.129 e. The molecule has 0 atom stereocenters. The van der Waals surface area contributed by atoms with E-state index in [4.69, 9.17) is 5.73 Å². The van der Waals surface area contributed by atoms with Gasteiger partial charge in [-0.1, -0.05) is 19.1 Å². The molecule has 0 spiro atoms. The minimum Gasteiger partial charge on any atom is -0.399 e. The minimum atomic E-state index is -0.250. The number of rotatable bonds is 5. The van der Waals surface area contributed by atoms with E-state index in [0.717, 1.165) is 12.2 Å². The highest BCUT2D eigenvalue weighted by molar-refractivity contribution is 5.40. The molecule has 100 valence electrons. The molecule has 0 aliphatic rings. The van der Waals surface area contributed by atoms with Crippen molar-refractivity contribution in [3.05, 3.63) is 59.7 Å². The molecule has 0 bridgehead atoms. The zero-order valence-electron chi connectivity index (χ0n) is 11.0. The fraction of sp³-hybridized carbons (Fsp3) is 0.267. The number of pyridine rings is 1. The topological polar surface area (TPSA) is 42.2 Å². The molecule has 2 N–H and O–H groups in total. The molecule has 0 saturated heterocycles. The van der Waals surface area contributed by atoms with Crippen molar-refractivity contribution in [2.24, 2.45) is 0 Å². The van der Waals surface area contributed by atoms with Gasteiger partial charge in [0.25, 0.3) is 0 Å². The Hall–Kier alpha value is -1.94. The van der Waals surface area contributed by atoms with Gasteiger partial charge < -0.3 is 5.73 Å². The van der Waals surface area contributed by atoms with Crippen LogP contribution in [-0.4, -0.2) is 16.4 Å². The van der Waals surface area contributed by atoms with Crippen LogP contribution in [-0.2, 0) is 13.1 Å². The number of nitrogens with zero attached hydrogens (tertiary/aromatic N) is 2. The third-order valence-electron chi connectivity index (χ3n) is 3.03. The van der Waals surface area contributed by atoms with Gasteiger partial charge >= 0.3 is 0 Å². The average Bonchev–Trinajstić information content (AvgIpc) is 2.42. The van der Waals surface area contributed by atoms with Crippen LogP contribution in [0.2, 0.25) is 0 Å². The van der Waals surface area contributed by atoms with Gasteiger partial charge in [0.1, 0.15) is 5.82 Å². The molecular formula is C15H18FN3. The molecule has 1 aromatic heterocycles. The van der Waals surface area contributed by atoms with Crippen molar-refractivity contribution >= 4 is 5.69 Å². The molecule has 0 amide bonds. The zero-order chi connectivity index (χ0) is 13.7. The Morgan fingerprint density at radius 1 is 1.21 bits per heavy atom. The second-order valence-corrected chi connectivity index (χ2v) is 4.48. The quantitative estimate of drug-likeness (QED) is 0.840. The monoisotopic (exact) mass is 259 g/mol. The van der Waals surface area contributed by atoms with Crippen molar-refractivity contribution in [3.8, 4) is 0 Å². The molecule has 0 saturated carbocycles. The highest BCUT2D eigenvalue weighted by Crippen LogP contribution is 2.15. The van der Waals surface area contributed by atoms with Crippen LogP contribution in [0.15, 0.2) is 42.6 Å². The first kappa shape index (κ1) is 13.5. The second kappa shape index (κ2) is 6.29. The Morgan fingerprint density at radius 3 is 2.68 bits per heavy atom. The van der Waals surface area contributed by atoms with Crippen LogP contribution in [0.25, 0.3) is 0 Å². The Labute approximate surface area is 112 Å². The highest BCUT2D eigenvalue weighted by Gasteiger charge is 2.09. The lowest BCUT2D eigenvalue weighted by Crippen LogP contribution is -2.23. The highest BCUT2D eigenvalue weighted by atomic mass is 19.1. The Morgan fingerprint density at radius 2 is 2.05 bits per heavy atom. The fourth-order valence-corrected chi connectivity index (χ4v) is 1.93. The number of hydrogen-bond donors (Lipinski definition) is 1. The summed E-state index contributed by atoms with van der Waals surface area (Å²) in [6, 6.07) is 10.7. The van der Waals surface area contributed by atoms with E-state index < -0.39 is 0 Å². The van der Waals surface area contributed by atoms with Gasteiger partial charge in [-0.05, 0) is 30.8 Å². The fourth-order valence-electron chi connectivity index (χ4n) is 1.93. The number of nitrogens with two attached hydrogens (primary N) is 1. The van der Waals surface area contributed by atoms with E-state index >= 15 is 0 Å². The Bertz CT molecular complexity index is 528. The van der Waals surface area contributed by atoms with Gasteiger partial charge in [0.2, 0.25) is 0 Å². The minimum absolute atomic E-state index is 0.250. The lowest BCUT2D eigenvalue weighted by atomic mass is 10.1. The molecule has 1 aromatic carbocycles. The van der Waals surface area contributed by atoms with Crippen molar-refractivity contribution in [2.45, 2.75) is 20.0 Å². The van der Waals surface area contributed by atoms with E-state index in [1.807, 2.05) is 18.2 Å². The summed E-state index contributed by atoms with van der Waals surface area (Å²) >= 11 is 0. The maximum absolute atomic E-state index is 13.8. The SMILES string of the molecule is CCN(Cc1ccccn1)Cc1ccc(N)cc1F. The molecular weight excluding hydrogens is 241 g/mol. The summed E-state index contributed by atoms with van der Waals surface area (Å²) in [7, 11) is 0. The van der Waals surface area contributed by atoms with Crippen molar-refractivity contribution in [2.75, 3.05) is 12.3 Å². The van der Waals surface area contributed by atoms with E-state index in [1.54, 1.807) is 18.3 Å². The van der Waals surface area contributed by atoms with E-state index in [0.29, 0.717) is 24.3 Å². The predicted octanol–water partition coefficient (Wildman–Crippen LogP) is 2.83. The van der Waals surface area contributed by atoms with Gasteiger partial charge in [-0.3, -0.25) is 9.88 Å². The van der Waals surface area contributed by atoms with Crippen molar-refractivity contribution in [1.82, 2.24) is 9.88 Å². The van der Waals surface area contributed by atoms with Gasteiger partial charge in [0.15, 0.2) is 0 Å². The van der Waals surface area contributed by atoms with Gasteiger partial charge in [-0.25, -0.2) is 4.39 Å². The van der Waals surface area contributed by atoms with Crippen molar-refractivity contribution in [1.29, 1.82) is 0 Å². The molecule has 0 aliphatic carbocycles. The van der Waals surface area contributed by atoms with Gasteiger partial charge in [0, 0.05) is 30.5 Å². The molecule has 2 rings (SSSR count). The van der Waals surface area contributed by atoms with Crippen LogP contribution >= 0.6 is 0 Å². The standard InChI is InChI=1S/C15H18FN3/c1-2-19(11-14-5-3-4-8-18-14)10-12-6-7-13(17)9-15(12)16/h3-9H,2,10-11,17H2,1H3. The van der Waals surface area contributed by atoms with Crippen LogP contribution in [0.3, 0.4) is 0 Å². The molecule has 19 heavy (non-hydrogen) atoms. The van der Waals surface area contributed by atoms with E-state index in [9.17, 15) is 4.39 Å². The number of hydrogen-bond acceptors (Lipinski definition) is 3. The largest absolute Gasteiger partial charge is 0.399 e. The van der Waals surface area contributed by atoms with Gasteiger partial charge in [-0.2, -0.15) is 0 Å². The lowest BCUT2D eigenvalue weighted by Gasteiger charge is -2.20. The summed E-state index contributed by atoms with van der Waals surface area (Å²) < 4.78 is 13.8. The van der Waals surface area contributed by atoms with E-state index in [-0.39, 0.29) is 5.82 Å². The first-order valence-electron chi connectivity index (χ1n) is 6.35. The number of benzene rings is 1. The van der Waals surface area contributed by atoms with Gasteiger partial charge in [0.05, 0.1) is 5.69 Å². The predicted molar refractivity (Wildman–Crippen MR) is 74.8 cm³/mol. The summed E-state index contributed by atoms with van der Waals surface area (Å²) in [6.45, 7) is 4.15. The third kappa shape index (κ3) is 3.76. The van der Waals surface area contributed by atoms with Crippen LogP contribution < -0.4 is 5.73 Å². The van der Waals surface area contributed by atoms with E-state index in [1.165, 1.54) is 6.07 Å². The van der Waals surface area contributed by atoms with Crippen molar-refractivity contribution in [3.63, 3.8) is 0 Å². The van der Waals surface area contributed by atoms with E-state index in [2.05, 4.69) is 16.8 Å². The Balaban J connectivity index is 2.06. The number of halogens is 1. The first-order valence-corrected chi connectivity index (χ1v) is 6.35. The number of nitrogen functional groups attached to an aromatic ring is 1. The third-order valence-corrected chi connectivity index (χ3v) is 3.03. The number of aromatic nitrogens is 1. The molecule has 4 heteroatoms. The molecule has 1 heterocycles. The summed E-state index contributed by atoms with van der Waals surface area (Å²) in [4.78, 5) is 6.43. The smallest absolute Gasteiger partial charge is 0.129 e. The molecule has 3 nitrogen and oxygen atoms in total. The summed E-state index contributed by atoms with van der Waals surface area (Å²) in [6.07, 6.45) is 1.77. The molecule has 0 unspecified atom stereocenters. The summed E-state index contributed by atoms with van der Waals surface area (Å²) in [5.74, 6) is -0.250.